The largest absolute Gasteiger partial charge is 0.304 e. The summed E-state index contributed by atoms with van der Waals surface area (Å²) >= 11 is 3.39. The van der Waals surface area contributed by atoms with Crippen LogP contribution in [0.25, 0.3) is 0 Å². The summed E-state index contributed by atoms with van der Waals surface area (Å²) in [7, 11) is 2.15. The molecule has 0 saturated carbocycles. The first-order valence-corrected chi connectivity index (χ1v) is 4.96. The smallest absolute Gasteiger partial charge is 0.128 e. The van der Waals surface area contributed by atoms with Crippen molar-refractivity contribution in [3.63, 3.8) is 0 Å². The Labute approximate surface area is 80.5 Å². The zero-order chi connectivity index (χ0) is 8.55. The summed E-state index contributed by atoms with van der Waals surface area (Å²) in [6, 6.07) is 2.11. The van der Waals surface area contributed by atoms with E-state index in [-0.39, 0.29) is 0 Å². The van der Waals surface area contributed by atoms with E-state index in [0.717, 1.165) is 30.7 Å². The average molecular weight is 230 g/mol. The lowest BCUT2D eigenvalue weighted by Gasteiger charge is -2.10. The van der Waals surface area contributed by atoms with E-state index >= 15 is 0 Å². The molecule has 0 aliphatic carbocycles. The maximum absolute atomic E-state index is 4.35. The van der Waals surface area contributed by atoms with Crippen LogP contribution in [0.5, 0.6) is 0 Å². The van der Waals surface area contributed by atoms with Crippen LogP contribution in [0.2, 0.25) is 0 Å². The van der Waals surface area contributed by atoms with Crippen molar-refractivity contribution < 1.29 is 0 Å². The van der Waals surface area contributed by atoms with E-state index in [0.29, 0.717) is 0 Å². The minimum atomic E-state index is 0.960. The van der Waals surface area contributed by atoms with Gasteiger partial charge in [-0.25, -0.2) is 0 Å². The van der Waals surface area contributed by atoms with Gasteiger partial charge in [0.15, 0.2) is 0 Å². The molecule has 0 fully saturated rings. The maximum Gasteiger partial charge on any atom is 0.128 e. The third-order valence-electron chi connectivity index (χ3n) is 2.28. The minimum absolute atomic E-state index is 0.960. The van der Waals surface area contributed by atoms with Gasteiger partial charge in [0.25, 0.3) is 0 Å². The van der Waals surface area contributed by atoms with Crippen molar-refractivity contribution in [1.29, 1.82) is 0 Å². The Morgan fingerprint density at radius 1 is 1.42 bits per heavy atom. The Bertz CT molecular complexity index is 256. The van der Waals surface area contributed by atoms with E-state index in [4.69, 9.17) is 0 Å². The highest BCUT2D eigenvalue weighted by Gasteiger charge is 2.11. The van der Waals surface area contributed by atoms with E-state index in [9.17, 15) is 0 Å². The lowest BCUT2D eigenvalue weighted by Crippen LogP contribution is -2.21. The fraction of sp³-hybridized carbons (Fsp3) is 0.625. The van der Waals surface area contributed by atoms with Crippen LogP contribution in [0, 0.1) is 0 Å². The van der Waals surface area contributed by atoms with Gasteiger partial charge in [-0.1, -0.05) is 0 Å². The third-order valence-corrected chi connectivity index (χ3v) is 2.66. The Morgan fingerprint density at radius 2 is 2.25 bits per heavy atom. The van der Waals surface area contributed by atoms with Gasteiger partial charge in [-0.3, -0.25) is 4.68 Å². The van der Waals surface area contributed by atoms with Gasteiger partial charge in [-0.15, -0.1) is 0 Å². The van der Waals surface area contributed by atoms with Crippen LogP contribution in [0.15, 0.2) is 10.7 Å². The second-order valence-corrected chi connectivity index (χ2v) is 4.05. The fourth-order valence-electron chi connectivity index (χ4n) is 1.50. The molecule has 66 valence electrons. The summed E-state index contributed by atoms with van der Waals surface area (Å²) in [6.45, 7) is 3.25. The van der Waals surface area contributed by atoms with E-state index < -0.39 is 0 Å². The van der Waals surface area contributed by atoms with Crippen LogP contribution < -0.4 is 0 Å². The van der Waals surface area contributed by atoms with Crippen molar-refractivity contribution in [1.82, 2.24) is 14.7 Å². The van der Waals surface area contributed by atoms with Crippen LogP contribution in [-0.4, -0.2) is 34.8 Å². The standard InChI is InChI=1S/C8H12BrN3/c1-11-3-2-7-6-8(9)10-12(7)5-4-11/h6H,2-5H2,1H3. The molecule has 1 aliphatic rings. The molecule has 0 radical (unpaired) electrons. The highest BCUT2D eigenvalue weighted by atomic mass is 79.9. The van der Waals surface area contributed by atoms with Gasteiger partial charge in [0.2, 0.25) is 0 Å². The van der Waals surface area contributed by atoms with Gasteiger partial charge < -0.3 is 4.90 Å². The summed E-state index contributed by atoms with van der Waals surface area (Å²) < 4.78 is 3.05. The Morgan fingerprint density at radius 3 is 3.08 bits per heavy atom. The Kier molecular flexibility index (Phi) is 2.19. The zero-order valence-electron chi connectivity index (χ0n) is 7.13. The first kappa shape index (κ1) is 8.26. The monoisotopic (exact) mass is 229 g/mol. The first-order valence-electron chi connectivity index (χ1n) is 4.16. The number of aromatic nitrogens is 2. The molecule has 1 aromatic rings. The Hall–Kier alpha value is -0.350. The third kappa shape index (κ3) is 1.54. The van der Waals surface area contributed by atoms with Crippen LogP contribution in [-0.2, 0) is 13.0 Å². The van der Waals surface area contributed by atoms with Gasteiger partial charge in [0.1, 0.15) is 4.60 Å². The molecule has 2 heterocycles. The number of hydrogen-bond donors (Lipinski definition) is 0. The molecule has 0 unspecified atom stereocenters. The van der Waals surface area contributed by atoms with Crippen molar-refractivity contribution in [3.8, 4) is 0 Å². The summed E-state index contributed by atoms with van der Waals surface area (Å²) in [5.74, 6) is 0. The van der Waals surface area contributed by atoms with Gasteiger partial charge in [0.05, 0.1) is 6.54 Å². The number of rotatable bonds is 0. The second kappa shape index (κ2) is 3.18. The molecule has 0 atom stereocenters. The molecule has 1 aromatic heterocycles. The molecular weight excluding hydrogens is 218 g/mol. The van der Waals surface area contributed by atoms with Gasteiger partial charge >= 0.3 is 0 Å². The SMILES string of the molecule is CN1CCc2cc(Br)nn2CC1. The quantitative estimate of drug-likeness (QED) is 0.666. The summed E-state index contributed by atoms with van der Waals surface area (Å²) in [6.07, 6.45) is 1.11. The highest BCUT2D eigenvalue weighted by molar-refractivity contribution is 9.10. The second-order valence-electron chi connectivity index (χ2n) is 3.23. The van der Waals surface area contributed by atoms with Crippen LogP contribution in [0.1, 0.15) is 5.69 Å². The molecule has 0 bridgehead atoms. The summed E-state index contributed by atoms with van der Waals surface area (Å²) in [5, 5.41) is 4.35. The molecule has 0 aromatic carbocycles. The molecule has 3 nitrogen and oxygen atoms in total. The van der Waals surface area contributed by atoms with Crippen molar-refractivity contribution in [2.45, 2.75) is 13.0 Å². The number of halogens is 1. The average Bonchev–Trinajstić information content (AvgIpc) is 2.31. The predicted molar refractivity (Wildman–Crippen MR) is 51.1 cm³/mol. The van der Waals surface area contributed by atoms with Gasteiger partial charge in [-0.05, 0) is 29.0 Å². The van der Waals surface area contributed by atoms with Crippen LogP contribution >= 0.6 is 15.9 Å². The van der Waals surface area contributed by atoms with E-state index in [1.165, 1.54) is 5.69 Å². The Balaban J connectivity index is 2.24. The van der Waals surface area contributed by atoms with Gasteiger partial charge in [0, 0.05) is 25.2 Å². The van der Waals surface area contributed by atoms with Crippen molar-refractivity contribution in [2.75, 3.05) is 20.1 Å². The molecule has 0 N–H and O–H groups in total. The normalized spacial score (nSPS) is 18.8. The zero-order valence-corrected chi connectivity index (χ0v) is 8.71. The van der Waals surface area contributed by atoms with E-state index in [2.05, 4.69) is 43.7 Å². The maximum atomic E-state index is 4.35. The molecule has 0 saturated heterocycles. The van der Waals surface area contributed by atoms with Crippen LogP contribution in [0.4, 0.5) is 0 Å². The van der Waals surface area contributed by atoms with E-state index in [1.807, 2.05) is 0 Å². The number of nitrogens with zero attached hydrogens (tertiary/aromatic N) is 3. The number of hydrogen-bond acceptors (Lipinski definition) is 2. The summed E-state index contributed by atoms with van der Waals surface area (Å²) in [4.78, 5) is 2.34. The highest BCUT2D eigenvalue weighted by Crippen LogP contribution is 2.13. The summed E-state index contributed by atoms with van der Waals surface area (Å²) in [5.41, 5.74) is 1.34. The first-order chi connectivity index (χ1) is 5.75. The molecule has 0 spiro atoms. The number of likely N-dealkylation sites (N-methyl/N-ethyl adjacent to an activating group) is 1. The fourth-order valence-corrected chi connectivity index (χ4v) is 1.95. The van der Waals surface area contributed by atoms with Gasteiger partial charge in [-0.2, -0.15) is 5.10 Å². The lowest BCUT2D eigenvalue weighted by molar-refractivity contribution is 0.337. The topological polar surface area (TPSA) is 21.1 Å². The van der Waals surface area contributed by atoms with Crippen molar-refractivity contribution in [3.05, 3.63) is 16.4 Å². The predicted octanol–water partition coefficient (Wildman–Crippen LogP) is 1.13. The van der Waals surface area contributed by atoms with Crippen molar-refractivity contribution >= 4 is 15.9 Å². The minimum Gasteiger partial charge on any atom is -0.304 e. The van der Waals surface area contributed by atoms with Crippen molar-refractivity contribution in [2.24, 2.45) is 0 Å². The number of fused-ring (bicyclic) bond motifs is 1. The molecular formula is C8H12BrN3. The van der Waals surface area contributed by atoms with Crippen LogP contribution in [0.3, 0.4) is 0 Å². The molecule has 4 heteroatoms. The molecule has 0 amide bonds. The molecule has 2 rings (SSSR count). The lowest BCUT2D eigenvalue weighted by atomic mass is 10.3. The molecule has 12 heavy (non-hydrogen) atoms. The van der Waals surface area contributed by atoms with E-state index in [1.54, 1.807) is 0 Å². The molecule has 1 aliphatic heterocycles.